The maximum absolute atomic E-state index is 12.3. The molecular weight excluding hydrogens is 248 g/mol. The maximum atomic E-state index is 12.3. The van der Waals surface area contributed by atoms with Gasteiger partial charge in [0.1, 0.15) is 0 Å². The van der Waals surface area contributed by atoms with Gasteiger partial charge in [-0.05, 0) is 18.9 Å². The number of carbonyl (C=O) groups is 2. The largest absolute Gasteiger partial charge is 0.289 e. The SMILES string of the molecule is CCCCCCCCC1=CC(=O)c2ccccc2C1=O. The molecule has 2 nitrogen and oxygen atoms in total. The molecule has 2 heteroatoms. The van der Waals surface area contributed by atoms with Gasteiger partial charge in [-0.15, -0.1) is 0 Å². The lowest BCUT2D eigenvalue weighted by atomic mass is 9.87. The van der Waals surface area contributed by atoms with Gasteiger partial charge in [0.15, 0.2) is 11.6 Å². The highest BCUT2D eigenvalue weighted by Gasteiger charge is 2.24. The molecule has 0 radical (unpaired) electrons. The van der Waals surface area contributed by atoms with Gasteiger partial charge in [0.2, 0.25) is 0 Å². The number of benzene rings is 1. The van der Waals surface area contributed by atoms with Gasteiger partial charge in [0.25, 0.3) is 0 Å². The lowest BCUT2D eigenvalue weighted by Gasteiger charge is -2.14. The fourth-order valence-electron chi connectivity index (χ4n) is 2.65. The smallest absolute Gasteiger partial charge is 0.189 e. The first-order valence-corrected chi connectivity index (χ1v) is 7.62. The average Bonchev–Trinajstić information content (AvgIpc) is 2.47. The standard InChI is InChI=1S/C18H22O2/c1-2-3-4-5-6-7-10-14-13-17(19)15-11-8-9-12-16(15)18(14)20/h8-9,11-13H,2-7,10H2,1H3. The summed E-state index contributed by atoms with van der Waals surface area (Å²) in [7, 11) is 0. The van der Waals surface area contributed by atoms with E-state index in [0.717, 1.165) is 19.3 Å². The van der Waals surface area contributed by atoms with E-state index in [1.807, 2.05) is 6.07 Å². The second kappa shape index (κ2) is 7.18. The van der Waals surface area contributed by atoms with Crippen LogP contribution in [0.5, 0.6) is 0 Å². The Morgan fingerprint density at radius 3 is 2.25 bits per heavy atom. The summed E-state index contributed by atoms with van der Waals surface area (Å²) in [6.45, 7) is 2.20. The number of unbranched alkanes of at least 4 members (excludes halogenated alkanes) is 5. The summed E-state index contributed by atoms with van der Waals surface area (Å²) in [6.07, 6.45) is 9.42. The van der Waals surface area contributed by atoms with Gasteiger partial charge < -0.3 is 0 Å². The van der Waals surface area contributed by atoms with Crippen molar-refractivity contribution in [2.45, 2.75) is 51.9 Å². The van der Waals surface area contributed by atoms with Crippen LogP contribution in [0.1, 0.15) is 72.6 Å². The van der Waals surface area contributed by atoms with Crippen LogP contribution in [-0.4, -0.2) is 11.6 Å². The molecule has 0 atom stereocenters. The summed E-state index contributed by atoms with van der Waals surface area (Å²) in [6, 6.07) is 7.10. The van der Waals surface area contributed by atoms with Crippen molar-refractivity contribution < 1.29 is 9.59 Å². The van der Waals surface area contributed by atoms with E-state index in [2.05, 4.69) is 6.92 Å². The Bertz CT molecular complexity index is 526. The molecule has 0 fully saturated rings. The fraction of sp³-hybridized carbons (Fsp3) is 0.444. The first-order chi connectivity index (χ1) is 9.74. The third-order valence-electron chi connectivity index (χ3n) is 3.83. The molecule has 1 aliphatic rings. The van der Waals surface area contributed by atoms with Crippen LogP contribution >= 0.6 is 0 Å². The van der Waals surface area contributed by atoms with Crippen molar-refractivity contribution in [1.29, 1.82) is 0 Å². The zero-order valence-corrected chi connectivity index (χ0v) is 12.2. The van der Waals surface area contributed by atoms with E-state index < -0.39 is 0 Å². The quantitative estimate of drug-likeness (QED) is 0.670. The third-order valence-corrected chi connectivity index (χ3v) is 3.83. The van der Waals surface area contributed by atoms with Gasteiger partial charge in [0.05, 0.1) is 0 Å². The van der Waals surface area contributed by atoms with Crippen LogP contribution in [-0.2, 0) is 0 Å². The van der Waals surface area contributed by atoms with Crippen molar-refractivity contribution in [3.8, 4) is 0 Å². The zero-order valence-electron chi connectivity index (χ0n) is 12.2. The number of Topliss-reactive ketones (excluding diaryl/α,β-unsaturated/α-hetero) is 1. The van der Waals surface area contributed by atoms with Crippen LogP contribution in [0.15, 0.2) is 35.9 Å². The molecule has 0 heterocycles. The molecule has 0 spiro atoms. The van der Waals surface area contributed by atoms with E-state index in [1.165, 1.54) is 31.8 Å². The summed E-state index contributed by atoms with van der Waals surface area (Å²) in [5, 5.41) is 0. The Hall–Kier alpha value is -1.70. The molecule has 106 valence electrons. The Labute approximate surface area is 120 Å². The third kappa shape index (κ3) is 3.44. The topological polar surface area (TPSA) is 34.1 Å². The van der Waals surface area contributed by atoms with Crippen LogP contribution in [0.4, 0.5) is 0 Å². The monoisotopic (exact) mass is 270 g/mol. The van der Waals surface area contributed by atoms with Crippen LogP contribution in [0.2, 0.25) is 0 Å². The number of hydrogen-bond acceptors (Lipinski definition) is 2. The average molecular weight is 270 g/mol. The predicted octanol–water partition coefficient (Wildman–Crippen LogP) is 4.74. The normalized spacial score (nSPS) is 14.2. The molecular formula is C18H22O2. The second-order valence-electron chi connectivity index (χ2n) is 5.43. The maximum Gasteiger partial charge on any atom is 0.189 e. The molecule has 0 amide bonds. The highest BCUT2D eigenvalue weighted by molar-refractivity contribution is 6.24. The molecule has 0 unspecified atom stereocenters. The Kier molecular flexibility index (Phi) is 5.28. The van der Waals surface area contributed by atoms with E-state index in [9.17, 15) is 9.59 Å². The van der Waals surface area contributed by atoms with Crippen molar-refractivity contribution in [3.05, 3.63) is 47.0 Å². The molecule has 0 aromatic heterocycles. The summed E-state index contributed by atoms with van der Waals surface area (Å²) >= 11 is 0. The van der Waals surface area contributed by atoms with Gasteiger partial charge >= 0.3 is 0 Å². The highest BCUT2D eigenvalue weighted by atomic mass is 16.1. The highest BCUT2D eigenvalue weighted by Crippen LogP contribution is 2.24. The number of hydrogen-bond donors (Lipinski definition) is 0. The molecule has 0 bridgehead atoms. The van der Waals surface area contributed by atoms with Crippen LogP contribution < -0.4 is 0 Å². The van der Waals surface area contributed by atoms with Crippen LogP contribution in [0, 0.1) is 0 Å². The van der Waals surface area contributed by atoms with Crippen molar-refractivity contribution in [2.24, 2.45) is 0 Å². The minimum Gasteiger partial charge on any atom is -0.289 e. The molecule has 0 saturated heterocycles. The van der Waals surface area contributed by atoms with E-state index in [1.54, 1.807) is 18.2 Å². The van der Waals surface area contributed by atoms with Crippen molar-refractivity contribution >= 4 is 11.6 Å². The first-order valence-electron chi connectivity index (χ1n) is 7.62. The minimum absolute atomic E-state index is 0.0267. The number of fused-ring (bicyclic) bond motifs is 1. The van der Waals surface area contributed by atoms with E-state index >= 15 is 0 Å². The minimum atomic E-state index is -0.0267. The summed E-state index contributed by atoms with van der Waals surface area (Å²) < 4.78 is 0. The summed E-state index contributed by atoms with van der Waals surface area (Å²) in [5.41, 5.74) is 1.80. The molecule has 0 aliphatic heterocycles. The number of allylic oxidation sites excluding steroid dienone is 2. The molecule has 1 aliphatic carbocycles. The summed E-state index contributed by atoms with van der Waals surface area (Å²) in [4.78, 5) is 24.3. The molecule has 2 rings (SSSR count). The molecule has 1 aromatic rings. The van der Waals surface area contributed by atoms with Crippen molar-refractivity contribution in [1.82, 2.24) is 0 Å². The molecule has 0 N–H and O–H groups in total. The van der Waals surface area contributed by atoms with Crippen molar-refractivity contribution in [3.63, 3.8) is 0 Å². The van der Waals surface area contributed by atoms with E-state index in [-0.39, 0.29) is 11.6 Å². The van der Waals surface area contributed by atoms with Gasteiger partial charge in [-0.1, -0.05) is 63.3 Å². The van der Waals surface area contributed by atoms with Gasteiger partial charge in [-0.2, -0.15) is 0 Å². The molecule has 20 heavy (non-hydrogen) atoms. The Balaban J connectivity index is 1.91. The van der Waals surface area contributed by atoms with Crippen LogP contribution in [0.25, 0.3) is 0 Å². The lowest BCUT2D eigenvalue weighted by Crippen LogP contribution is -2.16. The second-order valence-corrected chi connectivity index (χ2v) is 5.43. The summed E-state index contributed by atoms with van der Waals surface area (Å²) in [5.74, 6) is 0.00920. The van der Waals surface area contributed by atoms with Gasteiger partial charge in [-0.3, -0.25) is 9.59 Å². The fourth-order valence-corrected chi connectivity index (χ4v) is 2.65. The van der Waals surface area contributed by atoms with E-state index in [4.69, 9.17) is 0 Å². The number of rotatable bonds is 7. The Morgan fingerprint density at radius 1 is 0.850 bits per heavy atom. The van der Waals surface area contributed by atoms with Gasteiger partial charge in [-0.25, -0.2) is 0 Å². The first kappa shape index (κ1) is 14.7. The van der Waals surface area contributed by atoms with Crippen LogP contribution in [0.3, 0.4) is 0 Å². The molecule has 0 saturated carbocycles. The predicted molar refractivity (Wildman–Crippen MR) is 81.2 cm³/mol. The van der Waals surface area contributed by atoms with E-state index in [0.29, 0.717) is 16.7 Å². The van der Waals surface area contributed by atoms with Gasteiger partial charge in [0, 0.05) is 16.7 Å². The number of carbonyl (C=O) groups excluding carboxylic acids is 2. The molecule has 1 aromatic carbocycles. The van der Waals surface area contributed by atoms with Crippen molar-refractivity contribution in [2.75, 3.05) is 0 Å². The lowest BCUT2D eigenvalue weighted by molar-refractivity contribution is 0.0981. The number of ketones is 2. The Morgan fingerprint density at radius 2 is 1.50 bits per heavy atom. The zero-order chi connectivity index (χ0) is 14.4.